The smallest absolute Gasteiger partial charge is 0.246 e. The number of hydrogen-bond acceptors (Lipinski definition) is 4. The van der Waals surface area contributed by atoms with Crippen LogP contribution < -0.4 is 16.0 Å². The number of aromatic nitrogens is 2. The first-order valence-electron chi connectivity index (χ1n) is 11.2. The Morgan fingerprint density at radius 3 is 2.88 bits per heavy atom. The zero-order chi connectivity index (χ0) is 21.9. The van der Waals surface area contributed by atoms with Gasteiger partial charge in [-0.1, -0.05) is 25.5 Å². The molecule has 3 rings (SSSR count). The van der Waals surface area contributed by atoms with Gasteiger partial charge in [0.2, 0.25) is 5.91 Å². The highest BCUT2D eigenvalue weighted by Crippen LogP contribution is 2.18. The molecule has 1 saturated heterocycles. The highest BCUT2D eigenvalue weighted by atomic mass is 127. The summed E-state index contributed by atoms with van der Waals surface area (Å²) in [5.41, 5.74) is 1.84. The molecule has 1 aliphatic rings. The summed E-state index contributed by atoms with van der Waals surface area (Å²) in [7, 11) is 1.79. The van der Waals surface area contributed by atoms with Gasteiger partial charge in [0, 0.05) is 50.8 Å². The van der Waals surface area contributed by atoms with Crippen molar-refractivity contribution >= 4 is 41.5 Å². The summed E-state index contributed by atoms with van der Waals surface area (Å²) >= 11 is 0. The predicted octanol–water partition coefficient (Wildman–Crippen LogP) is 3.07. The Morgan fingerprint density at radius 2 is 2.12 bits per heavy atom. The number of carbonyl (C=O) groups is 1. The van der Waals surface area contributed by atoms with Crippen LogP contribution in [-0.4, -0.2) is 59.3 Å². The van der Waals surface area contributed by atoms with Gasteiger partial charge in [0.15, 0.2) is 5.96 Å². The van der Waals surface area contributed by atoms with E-state index in [4.69, 9.17) is 0 Å². The second kappa shape index (κ2) is 14.1. The van der Waals surface area contributed by atoms with Crippen molar-refractivity contribution < 1.29 is 4.79 Å². The van der Waals surface area contributed by atoms with Gasteiger partial charge < -0.3 is 16.0 Å². The molecule has 1 aromatic carbocycles. The highest BCUT2D eigenvalue weighted by Gasteiger charge is 2.19. The van der Waals surface area contributed by atoms with Crippen molar-refractivity contribution in [2.45, 2.75) is 51.7 Å². The molecule has 1 atom stereocenters. The number of anilines is 1. The zero-order valence-corrected chi connectivity index (χ0v) is 21.4. The second-order valence-corrected chi connectivity index (χ2v) is 7.90. The van der Waals surface area contributed by atoms with Gasteiger partial charge in [0.05, 0.1) is 0 Å². The minimum atomic E-state index is -0.102. The van der Waals surface area contributed by atoms with Crippen molar-refractivity contribution in [2.24, 2.45) is 4.99 Å². The Bertz CT molecular complexity index is 841. The van der Waals surface area contributed by atoms with Gasteiger partial charge in [-0.2, -0.15) is 5.10 Å². The van der Waals surface area contributed by atoms with E-state index in [9.17, 15) is 4.79 Å². The van der Waals surface area contributed by atoms with E-state index in [1.54, 1.807) is 30.2 Å². The Morgan fingerprint density at radius 1 is 1.25 bits per heavy atom. The molecule has 0 spiro atoms. The number of amides is 1. The number of benzene rings is 1. The number of rotatable bonds is 9. The standard InChI is InChI=1S/C23H35N7O.HI/c1-3-21-10-4-5-13-29(21)15-12-25-23(24-2)26-17-19-8-6-9-20(16-19)28-22(31)18-30-14-7-11-27-30;/h6-9,11,14,16,21H,3-5,10,12-13,15,17-18H2,1-2H3,(H,28,31)(H2,24,25,26);1H. The lowest BCUT2D eigenvalue weighted by Gasteiger charge is -2.35. The van der Waals surface area contributed by atoms with Gasteiger partial charge in [-0.15, -0.1) is 24.0 Å². The van der Waals surface area contributed by atoms with Crippen LogP contribution in [0.1, 0.15) is 38.2 Å². The lowest BCUT2D eigenvalue weighted by molar-refractivity contribution is -0.116. The first kappa shape index (κ1) is 26.1. The number of hydrogen-bond donors (Lipinski definition) is 3. The summed E-state index contributed by atoms with van der Waals surface area (Å²) in [5.74, 6) is 0.688. The summed E-state index contributed by atoms with van der Waals surface area (Å²) in [6.07, 6.45) is 8.63. The molecule has 8 nitrogen and oxygen atoms in total. The number of halogens is 1. The van der Waals surface area contributed by atoms with Crippen LogP contribution >= 0.6 is 24.0 Å². The van der Waals surface area contributed by atoms with Crippen LogP contribution in [0, 0.1) is 0 Å². The maximum Gasteiger partial charge on any atom is 0.246 e. The molecule has 1 unspecified atom stereocenters. The summed E-state index contributed by atoms with van der Waals surface area (Å²) < 4.78 is 1.60. The largest absolute Gasteiger partial charge is 0.355 e. The zero-order valence-electron chi connectivity index (χ0n) is 19.1. The van der Waals surface area contributed by atoms with Crippen LogP contribution in [0.3, 0.4) is 0 Å². The fourth-order valence-corrected chi connectivity index (χ4v) is 4.04. The van der Waals surface area contributed by atoms with Crippen LogP contribution in [0.4, 0.5) is 5.69 Å². The topological polar surface area (TPSA) is 86.6 Å². The normalized spacial score (nSPS) is 16.8. The summed E-state index contributed by atoms with van der Waals surface area (Å²) in [5, 5.41) is 13.8. The van der Waals surface area contributed by atoms with Gasteiger partial charge >= 0.3 is 0 Å². The number of nitrogens with one attached hydrogen (secondary N) is 3. The number of piperidine rings is 1. The van der Waals surface area contributed by atoms with Gasteiger partial charge in [-0.3, -0.25) is 19.4 Å². The van der Waals surface area contributed by atoms with E-state index in [1.807, 2.05) is 24.3 Å². The lowest BCUT2D eigenvalue weighted by Crippen LogP contribution is -2.45. The molecule has 1 amide bonds. The molecule has 1 aliphatic heterocycles. The number of nitrogens with zero attached hydrogens (tertiary/aromatic N) is 4. The van der Waals surface area contributed by atoms with Crippen molar-refractivity contribution in [3.05, 3.63) is 48.3 Å². The number of aliphatic imine (C=N–C) groups is 1. The molecule has 0 radical (unpaired) electrons. The summed E-state index contributed by atoms with van der Waals surface area (Å²) in [6, 6.07) is 10.4. The lowest BCUT2D eigenvalue weighted by atomic mass is 10.0. The molecule has 2 aromatic rings. The molecule has 1 aromatic heterocycles. The molecular weight excluding hydrogens is 517 g/mol. The van der Waals surface area contributed by atoms with Gasteiger partial charge in [-0.05, 0) is 49.6 Å². The SMILES string of the molecule is CCC1CCCCN1CCNC(=NC)NCc1cccc(NC(=O)Cn2cccn2)c1.I. The minimum absolute atomic E-state index is 0. The summed E-state index contributed by atoms with van der Waals surface area (Å²) in [6.45, 7) is 6.22. The molecule has 0 saturated carbocycles. The first-order valence-corrected chi connectivity index (χ1v) is 11.2. The second-order valence-electron chi connectivity index (χ2n) is 7.90. The molecule has 0 bridgehead atoms. The van der Waals surface area contributed by atoms with E-state index in [0.717, 1.165) is 36.3 Å². The van der Waals surface area contributed by atoms with E-state index < -0.39 is 0 Å². The fourth-order valence-electron chi connectivity index (χ4n) is 4.04. The molecule has 176 valence electrons. The molecule has 32 heavy (non-hydrogen) atoms. The third kappa shape index (κ3) is 8.42. The Balaban J connectivity index is 0.00000363. The number of likely N-dealkylation sites (tertiary alicyclic amines) is 1. The van der Waals surface area contributed by atoms with Gasteiger partial charge in [-0.25, -0.2) is 0 Å². The van der Waals surface area contributed by atoms with E-state index >= 15 is 0 Å². The minimum Gasteiger partial charge on any atom is -0.355 e. The third-order valence-corrected chi connectivity index (χ3v) is 5.67. The summed E-state index contributed by atoms with van der Waals surface area (Å²) in [4.78, 5) is 19.1. The van der Waals surface area contributed by atoms with Crippen molar-refractivity contribution in [1.29, 1.82) is 0 Å². The molecule has 0 aliphatic carbocycles. The Hall–Kier alpha value is -2.14. The predicted molar refractivity (Wildman–Crippen MR) is 140 cm³/mol. The third-order valence-electron chi connectivity index (χ3n) is 5.67. The van der Waals surface area contributed by atoms with Crippen LogP contribution in [-0.2, 0) is 17.9 Å². The molecule has 3 N–H and O–H groups in total. The molecule has 9 heteroatoms. The van der Waals surface area contributed by atoms with Gasteiger partial charge in [0.1, 0.15) is 6.54 Å². The number of guanidine groups is 1. The highest BCUT2D eigenvalue weighted by molar-refractivity contribution is 14.0. The first-order chi connectivity index (χ1) is 15.2. The van der Waals surface area contributed by atoms with Crippen molar-refractivity contribution in [3.8, 4) is 0 Å². The van der Waals surface area contributed by atoms with Crippen LogP contribution in [0.2, 0.25) is 0 Å². The molecule has 2 heterocycles. The average molecular weight is 553 g/mol. The molecule has 1 fully saturated rings. The van der Waals surface area contributed by atoms with Crippen LogP contribution in [0.25, 0.3) is 0 Å². The van der Waals surface area contributed by atoms with Crippen molar-refractivity contribution in [1.82, 2.24) is 25.3 Å². The van der Waals surface area contributed by atoms with Crippen LogP contribution in [0.5, 0.6) is 0 Å². The van der Waals surface area contributed by atoms with Crippen molar-refractivity contribution in [2.75, 3.05) is 32.0 Å². The monoisotopic (exact) mass is 553 g/mol. The fraction of sp³-hybridized carbons (Fsp3) is 0.522. The average Bonchev–Trinajstić information content (AvgIpc) is 3.29. The van der Waals surface area contributed by atoms with E-state index in [2.05, 4.69) is 37.9 Å². The van der Waals surface area contributed by atoms with E-state index in [1.165, 1.54) is 32.2 Å². The van der Waals surface area contributed by atoms with Crippen LogP contribution in [0.15, 0.2) is 47.7 Å². The van der Waals surface area contributed by atoms with E-state index in [0.29, 0.717) is 6.54 Å². The Labute approximate surface area is 208 Å². The van der Waals surface area contributed by atoms with E-state index in [-0.39, 0.29) is 36.4 Å². The maximum atomic E-state index is 12.2. The van der Waals surface area contributed by atoms with Gasteiger partial charge in [0.25, 0.3) is 0 Å². The number of carbonyl (C=O) groups excluding carboxylic acids is 1. The quantitative estimate of drug-likeness (QED) is 0.253. The maximum absolute atomic E-state index is 12.2. The Kier molecular flexibility index (Phi) is 11.5. The molecular formula is C23H36IN7O. The van der Waals surface area contributed by atoms with Crippen molar-refractivity contribution in [3.63, 3.8) is 0 Å².